The Morgan fingerprint density at radius 1 is 1.18 bits per heavy atom. The van der Waals surface area contributed by atoms with Gasteiger partial charge in [0.1, 0.15) is 5.75 Å². The first kappa shape index (κ1) is 26.2. The molecule has 1 fully saturated rings. The zero-order valence-corrected chi connectivity index (χ0v) is 22.3. The van der Waals surface area contributed by atoms with Crippen molar-refractivity contribution < 1.29 is 14.3 Å². The summed E-state index contributed by atoms with van der Waals surface area (Å²) < 4.78 is 6.61. The van der Waals surface area contributed by atoms with Gasteiger partial charge in [0, 0.05) is 28.8 Å². The van der Waals surface area contributed by atoms with Gasteiger partial charge in [0.05, 0.1) is 12.2 Å². The van der Waals surface area contributed by atoms with E-state index in [0.717, 1.165) is 36.8 Å². The Balaban J connectivity index is 1.63. The van der Waals surface area contributed by atoms with Gasteiger partial charge in [0.15, 0.2) is 5.11 Å². The first-order valence-corrected chi connectivity index (χ1v) is 12.9. The van der Waals surface area contributed by atoms with Crippen LogP contribution >= 0.6 is 28.1 Å². The van der Waals surface area contributed by atoms with E-state index < -0.39 is 0 Å². The number of halogens is 1. The van der Waals surface area contributed by atoms with Gasteiger partial charge in [0.25, 0.3) is 11.8 Å². The van der Waals surface area contributed by atoms with Crippen LogP contribution in [0.5, 0.6) is 5.75 Å². The van der Waals surface area contributed by atoms with E-state index in [1.165, 1.54) is 0 Å². The summed E-state index contributed by atoms with van der Waals surface area (Å²) in [6.07, 6.45) is 2.94. The quantitative estimate of drug-likeness (QED) is 0.425. The predicted molar refractivity (Wildman–Crippen MR) is 144 cm³/mol. The van der Waals surface area contributed by atoms with Gasteiger partial charge in [-0.25, -0.2) is 0 Å². The van der Waals surface area contributed by atoms with Gasteiger partial charge in [-0.05, 0) is 79.7 Å². The van der Waals surface area contributed by atoms with Gasteiger partial charge in [-0.15, -0.1) is 0 Å². The second-order valence-electron chi connectivity index (χ2n) is 9.14. The number of thiocarbonyl (C=S) groups is 1. The highest BCUT2D eigenvalue weighted by Gasteiger charge is 2.22. The van der Waals surface area contributed by atoms with Crippen LogP contribution in [0.3, 0.4) is 0 Å². The third-order valence-electron chi connectivity index (χ3n) is 5.80. The molecule has 0 radical (unpaired) electrons. The molecule has 2 N–H and O–H groups in total. The lowest BCUT2D eigenvalue weighted by Gasteiger charge is -2.30. The molecular weight excluding hydrogens is 514 g/mol. The van der Waals surface area contributed by atoms with Crippen LogP contribution < -0.4 is 15.4 Å². The smallest absolute Gasteiger partial charge is 0.261 e. The minimum Gasteiger partial charge on any atom is -0.493 e. The number of rotatable bonds is 7. The molecule has 182 valence electrons. The van der Waals surface area contributed by atoms with Crippen LogP contribution in [0.15, 0.2) is 46.9 Å². The van der Waals surface area contributed by atoms with Crippen molar-refractivity contribution in [3.8, 4) is 5.75 Å². The number of anilines is 1. The summed E-state index contributed by atoms with van der Waals surface area (Å²) in [5.74, 6) is 1.32. The van der Waals surface area contributed by atoms with Gasteiger partial charge in [0.2, 0.25) is 0 Å². The van der Waals surface area contributed by atoms with Gasteiger partial charge in [-0.2, -0.15) is 0 Å². The maximum atomic E-state index is 12.9. The molecule has 0 saturated carbocycles. The molecule has 0 aromatic heterocycles. The Bertz CT molecular complexity index is 1040. The maximum absolute atomic E-state index is 12.9. The standard InChI is InChI=1S/C26H32BrN3O3S/c1-17(2)11-14-33-23-8-7-20(27)16-22(23)24(31)29-26(34)28-21-6-4-5-19(15-21)25(32)30-12-9-18(3)10-13-30/h4-8,15-18H,9-14H2,1-3H3,(H2,28,29,31,34). The second-order valence-corrected chi connectivity index (χ2v) is 10.5. The molecular formula is C26H32BrN3O3S. The highest BCUT2D eigenvalue weighted by atomic mass is 79.9. The fourth-order valence-electron chi connectivity index (χ4n) is 3.67. The van der Waals surface area contributed by atoms with Crippen molar-refractivity contribution in [1.29, 1.82) is 0 Å². The Morgan fingerprint density at radius 2 is 1.91 bits per heavy atom. The molecule has 8 heteroatoms. The molecule has 2 aromatic carbocycles. The number of carbonyl (C=O) groups is 2. The molecule has 2 amide bonds. The fraction of sp³-hybridized carbons (Fsp3) is 0.423. The molecule has 6 nitrogen and oxygen atoms in total. The van der Waals surface area contributed by atoms with Crippen molar-refractivity contribution in [3.63, 3.8) is 0 Å². The van der Waals surface area contributed by atoms with E-state index in [0.29, 0.717) is 41.0 Å². The summed E-state index contributed by atoms with van der Waals surface area (Å²) in [5, 5.41) is 5.88. The molecule has 0 bridgehead atoms. The minimum atomic E-state index is -0.368. The van der Waals surface area contributed by atoms with Crippen molar-refractivity contribution >= 4 is 50.8 Å². The monoisotopic (exact) mass is 545 g/mol. The van der Waals surface area contributed by atoms with E-state index in [1.54, 1.807) is 24.3 Å². The number of carbonyl (C=O) groups excluding carboxylic acids is 2. The minimum absolute atomic E-state index is 0.0165. The zero-order valence-electron chi connectivity index (χ0n) is 19.9. The van der Waals surface area contributed by atoms with Gasteiger partial charge >= 0.3 is 0 Å². The molecule has 1 aliphatic rings. The van der Waals surface area contributed by atoms with E-state index in [-0.39, 0.29) is 16.9 Å². The fourth-order valence-corrected chi connectivity index (χ4v) is 4.24. The normalized spacial score (nSPS) is 14.1. The first-order chi connectivity index (χ1) is 16.2. The van der Waals surface area contributed by atoms with Crippen molar-refractivity contribution in [1.82, 2.24) is 10.2 Å². The summed E-state index contributed by atoms with van der Waals surface area (Å²) in [4.78, 5) is 27.7. The molecule has 34 heavy (non-hydrogen) atoms. The van der Waals surface area contributed by atoms with Crippen LogP contribution in [0.25, 0.3) is 0 Å². The largest absolute Gasteiger partial charge is 0.493 e. The predicted octanol–water partition coefficient (Wildman–Crippen LogP) is 5.87. The highest BCUT2D eigenvalue weighted by molar-refractivity contribution is 9.10. The Labute approximate surface area is 215 Å². The average Bonchev–Trinajstić information content (AvgIpc) is 2.80. The van der Waals surface area contributed by atoms with Crippen LogP contribution in [-0.2, 0) is 0 Å². The Hall–Kier alpha value is -2.45. The molecule has 0 aliphatic carbocycles. The summed E-state index contributed by atoms with van der Waals surface area (Å²) in [5.41, 5.74) is 1.64. The molecule has 2 aromatic rings. The van der Waals surface area contributed by atoms with Crippen LogP contribution in [0.1, 0.15) is 60.7 Å². The number of amides is 2. The highest BCUT2D eigenvalue weighted by Crippen LogP contribution is 2.24. The van der Waals surface area contributed by atoms with Gasteiger partial charge < -0.3 is 15.0 Å². The summed E-state index contributed by atoms with van der Waals surface area (Å²) >= 11 is 8.78. The van der Waals surface area contributed by atoms with E-state index >= 15 is 0 Å². The van der Waals surface area contributed by atoms with Crippen molar-refractivity contribution in [2.24, 2.45) is 11.8 Å². The average molecular weight is 547 g/mol. The second kappa shape index (κ2) is 12.3. The van der Waals surface area contributed by atoms with Gasteiger partial charge in [-0.3, -0.25) is 14.9 Å². The van der Waals surface area contributed by atoms with Crippen LogP contribution in [0, 0.1) is 11.8 Å². The van der Waals surface area contributed by atoms with Crippen LogP contribution in [0.4, 0.5) is 5.69 Å². The van der Waals surface area contributed by atoms with E-state index in [1.807, 2.05) is 23.1 Å². The number of nitrogens with one attached hydrogen (secondary N) is 2. The van der Waals surface area contributed by atoms with Gasteiger partial charge in [-0.1, -0.05) is 42.8 Å². The molecule has 0 atom stereocenters. The SMILES string of the molecule is CC(C)CCOc1ccc(Br)cc1C(=O)NC(=S)Nc1cccc(C(=O)N2CCC(C)CC2)c1. The molecule has 3 rings (SSSR count). The van der Waals surface area contributed by atoms with E-state index in [2.05, 4.69) is 47.3 Å². The lowest BCUT2D eigenvalue weighted by Crippen LogP contribution is -2.38. The molecule has 1 heterocycles. The number of piperidine rings is 1. The van der Waals surface area contributed by atoms with Crippen molar-refractivity contribution in [3.05, 3.63) is 58.1 Å². The van der Waals surface area contributed by atoms with Crippen LogP contribution in [-0.4, -0.2) is 41.5 Å². The Morgan fingerprint density at radius 3 is 2.62 bits per heavy atom. The summed E-state index contributed by atoms with van der Waals surface area (Å²) in [7, 11) is 0. The first-order valence-electron chi connectivity index (χ1n) is 11.7. The number of hydrogen-bond acceptors (Lipinski definition) is 4. The number of nitrogens with zero attached hydrogens (tertiary/aromatic N) is 1. The molecule has 0 spiro atoms. The van der Waals surface area contributed by atoms with Crippen molar-refractivity contribution in [2.75, 3.05) is 25.0 Å². The maximum Gasteiger partial charge on any atom is 0.261 e. The zero-order chi connectivity index (χ0) is 24.7. The third-order valence-corrected chi connectivity index (χ3v) is 6.50. The van der Waals surface area contributed by atoms with Crippen LogP contribution in [0.2, 0.25) is 0 Å². The number of benzene rings is 2. The topological polar surface area (TPSA) is 70.7 Å². The molecule has 0 unspecified atom stereocenters. The lowest BCUT2D eigenvalue weighted by molar-refractivity contribution is 0.0697. The molecule has 1 saturated heterocycles. The number of hydrogen-bond donors (Lipinski definition) is 2. The molecule has 1 aliphatic heterocycles. The number of likely N-dealkylation sites (tertiary alicyclic amines) is 1. The summed E-state index contributed by atoms with van der Waals surface area (Å²) in [6.45, 7) is 8.55. The van der Waals surface area contributed by atoms with E-state index in [4.69, 9.17) is 17.0 Å². The summed E-state index contributed by atoms with van der Waals surface area (Å²) in [6, 6.07) is 12.5. The van der Waals surface area contributed by atoms with E-state index in [9.17, 15) is 9.59 Å². The number of ether oxygens (including phenoxy) is 1. The lowest BCUT2D eigenvalue weighted by atomic mass is 9.98. The Kier molecular flexibility index (Phi) is 9.47. The third kappa shape index (κ3) is 7.53. The van der Waals surface area contributed by atoms with Crippen molar-refractivity contribution in [2.45, 2.75) is 40.0 Å².